The molecule has 1 heterocycles. The van der Waals surface area contributed by atoms with Gasteiger partial charge in [-0.25, -0.2) is 9.18 Å². The normalized spacial score (nSPS) is 12.8. The number of likely N-dealkylation sites (N-methyl/N-ethyl adjacent to an activating group) is 1. The van der Waals surface area contributed by atoms with Crippen LogP contribution in [0.4, 0.5) is 4.39 Å². The summed E-state index contributed by atoms with van der Waals surface area (Å²) in [4.78, 5) is 24.9. The molecule has 156 valence electrons. The first kappa shape index (κ1) is 20.2. The zero-order valence-electron chi connectivity index (χ0n) is 16.5. The van der Waals surface area contributed by atoms with Gasteiger partial charge in [0.1, 0.15) is 17.1 Å². The van der Waals surface area contributed by atoms with Crippen molar-refractivity contribution in [1.82, 2.24) is 5.32 Å². The van der Waals surface area contributed by atoms with E-state index in [-0.39, 0.29) is 16.7 Å². The first-order valence-corrected chi connectivity index (χ1v) is 9.42. The predicted octanol–water partition coefficient (Wildman–Crippen LogP) is 4.34. The van der Waals surface area contributed by atoms with Gasteiger partial charge >= 0.3 is 5.97 Å². The average molecular weight is 419 g/mol. The number of carboxylic acids is 1. The smallest absolute Gasteiger partial charge is 0.335 e. The van der Waals surface area contributed by atoms with Gasteiger partial charge in [-0.05, 0) is 48.5 Å². The van der Waals surface area contributed by atoms with Crippen molar-refractivity contribution in [2.24, 2.45) is 0 Å². The van der Waals surface area contributed by atoms with Gasteiger partial charge in [0.15, 0.2) is 0 Å². The van der Waals surface area contributed by atoms with Crippen molar-refractivity contribution in [2.75, 3.05) is 7.05 Å². The highest BCUT2D eigenvalue weighted by molar-refractivity contribution is 5.93. The minimum absolute atomic E-state index is 0.0314. The van der Waals surface area contributed by atoms with Gasteiger partial charge in [0, 0.05) is 23.6 Å². The SMILES string of the molecule is CNC(=O)C(Oc1ccc2occc2c1)(c1cccc(F)c1)c1cccc(C(=O)O)c1. The zero-order chi connectivity index (χ0) is 22.0. The quantitative estimate of drug-likeness (QED) is 0.485. The van der Waals surface area contributed by atoms with Gasteiger partial charge in [0.25, 0.3) is 5.91 Å². The Bertz CT molecular complexity index is 1280. The molecule has 31 heavy (non-hydrogen) atoms. The lowest BCUT2D eigenvalue weighted by atomic mass is 9.84. The number of benzene rings is 3. The third-order valence-corrected chi connectivity index (χ3v) is 4.99. The Kier molecular flexibility index (Phi) is 5.17. The van der Waals surface area contributed by atoms with Gasteiger partial charge in [-0.3, -0.25) is 4.79 Å². The van der Waals surface area contributed by atoms with Crippen molar-refractivity contribution in [2.45, 2.75) is 5.60 Å². The fourth-order valence-electron chi connectivity index (χ4n) is 3.53. The summed E-state index contributed by atoms with van der Waals surface area (Å²) < 4.78 is 25.8. The first-order chi connectivity index (χ1) is 14.9. The summed E-state index contributed by atoms with van der Waals surface area (Å²) in [6, 6.07) is 18.1. The van der Waals surface area contributed by atoms with E-state index >= 15 is 0 Å². The zero-order valence-corrected chi connectivity index (χ0v) is 16.5. The summed E-state index contributed by atoms with van der Waals surface area (Å²) >= 11 is 0. The molecule has 0 aliphatic carbocycles. The van der Waals surface area contributed by atoms with Gasteiger partial charge in [-0.15, -0.1) is 0 Å². The largest absolute Gasteiger partial charge is 0.478 e. The fraction of sp³-hybridized carbons (Fsp3) is 0.0833. The summed E-state index contributed by atoms with van der Waals surface area (Å²) in [5.41, 5.74) is -0.793. The van der Waals surface area contributed by atoms with E-state index in [2.05, 4.69) is 5.32 Å². The Hall–Kier alpha value is -4.13. The minimum Gasteiger partial charge on any atom is -0.478 e. The van der Waals surface area contributed by atoms with E-state index in [4.69, 9.17) is 9.15 Å². The topological polar surface area (TPSA) is 88.8 Å². The molecule has 0 fully saturated rings. The van der Waals surface area contributed by atoms with E-state index < -0.39 is 23.3 Å². The van der Waals surface area contributed by atoms with Crippen LogP contribution in [0.25, 0.3) is 11.0 Å². The van der Waals surface area contributed by atoms with Crippen LogP contribution in [0.3, 0.4) is 0 Å². The minimum atomic E-state index is -1.85. The second-order valence-electron chi connectivity index (χ2n) is 6.88. The molecule has 0 bridgehead atoms. The molecule has 1 unspecified atom stereocenters. The molecule has 0 saturated heterocycles. The van der Waals surface area contributed by atoms with E-state index in [9.17, 15) is 19.1 Å². The number of amides is 1. The number of carbonyl (C=O) groups excluding carboxylic acids is 1. The Morgan fingerprint density at radius 2 is 1.74 bits per heavy atom. The lowest BCUT2D eigenvalue weighted by molar-refractivity contribution is -0.133. The van der Waals surface area contributed by atoms with Crippen LogP contribution < -0.4 is 10.1 Å². The number of halogens is 1. The monoisotopic (exact) mass is 419 g/mol. The molecule has 6 nitrogen and oxygen atoms in total. The van der Waals surface area contributed by atoms with Gasteiger partial charge in [-0.2, -0.15) is 0 Å². The van der Waals surface area contributed by atoms with E-state index in [1.165, 1.54) is 49.7 Å². The van der Waals surface area contributed by atoms with Gasteiger partial charge < -0.3 is 19.6 Å². The number of carboxylic acid groups (broad SMARTS) is 1. The maximum Gasteiger partial charge on any atom is 0.335 e. The standard InChI is InChI=1S/C24H18FNO5/c1-26-23(29)24(18-6-3-7-19(25)14-18,17-5-2-4-16(12-17)22(27)28)31-20-8-9-21-15(13-20)10-11-30-21/h2-14H,1H3,(H,26,29)(H,27,28). The summed E-state index contributed by atoms with van der Waals surface area (Å²) in [5, 5.41) is 12.8. The van der Waals surface area contributed by atoms with Crippen molar-refractivity contribution < 1.29 is 28.2 Å². The third kappa shape index (κ3) is 3.61. The lowest BCUT2D eigenvalue weighted by Crippen LogP contribution is -2.48. The highest BCUT2D eigenvalue weighted by Gasteiger charge is 2.45. The van der Waals surface area contributed by atoms with Crippen molar-refractivity contribution in [3.63, 3.8) is 0 Å². The van der Waals surface area contributed by atoms with Crippen LogP contribution in [-0.4, -0.2) is 24.0 Å². The van der Waals surface area contributed by atoms with Crippen molar-refractivity contribution >= 4 is 22.8 Å². The molecule has 3 aromatic carbocycles. The molecular weight excluding hydrogens is 401 g/mol. The molecule has 1 amide bonds. The maximum atomic E-state index is 14.2. The molecule has 4 rings (SSSR count). The van der Waals surface area contributed by atoms with Crippen LogP contribution >= 0.6 is 0 Å². The molecule has 0 aliphatic rings. The molecule has 2 N–H and O–H groups in total. The van der Waals surface area contributed by atoms with E-state index in [1.807, 2.05) is 0 Å². The van der Waals surface area contributed by atoms with E-state index in [0.29, 0.717) is 11.3 Å². The average Bonchev–Trinajstić information content (AvgIpc) is 3.25. The summed E-state index contributed by atoms with van der Waals surface area (Å²) in [5.74, 6) is -1.99. The number of hydrogen-bond donors (Lipinski definition) is 2. The van der Waals surface area contributed by atoms with E-state index in [0.717, 1.165) is 5.39 Å². The van der Waals surface area contributed by atoms with Gasteiger partial charge in [-0.1, -0.05) is 24.3 Å². The number of fused-ring (bicyclic) bond motifs is 1. The summed E-state index contributed by atoms with van der Waals surface area (Å²) in [6.07, 6.45) is 1.53. The molecule has 7 heteroatoms. The van der Waals surface area contributed by atoms with Crippen molar-refractivity contribution in [3.05, 3.63) is 102 Å². The van der Waals surface area contributed by atoms with Crippen LogP contribution in [0.5, 0.6) is 5.75 Å². The van der Waals surface area contributed by atoms with Gasteiger partial charge in [0.2, 0.25) is 5.60 Å². The van der Waals surface area contributed by atoms with Crippen LogP contribution in [-0.2, 0) is 10.4 Å². The van der Waals surface area contributed by atoms with Crippen molar-refractivity contribution in [3.8, 4) is 5.75 Å². The Morgan fingerprint density at radius 3 is 2.45 bits per heavy atom. The summed E-state index contributed by atoms with van der Waals surface area (Å²) in [6.45, 7) is 0. The number of furan rings is 1. The number of ether oxygens (including phenoxy) is 1. The fourth-order valence-corrected chi connectivity index (χ4v) is 3.53. The number of hydrogen-bond acceptors (Lipinski definition) is 4. The molecule has 1 atom stereocenters. The van der Waals surface area contributed by atoms with Crippen LogP contribution in [0.15, 0.2) is 83.5 Å². The molecule has 0 radical (unpaired) electrons. The lowest BCUT2D eigenvalue weighted by Gasteiger charge is -2.34. The second kappa shape index (κ2) is 7.95. The number of carbonyl (C=O) groups is 2. The second-order valence-corrected chi connectivity index (χ2v) is 6.88. The van der Waals surface area contributed by atoms with Crippen LogP contribution in [0.1, 0.15) is 21.5 Å². The molecule has 0 spiro atoms. The van der Waals surface area contributed by atoms with Gasteiger partial charge in [0.05, 0.1) is 11.8 Å². The Balaban J connectivity index is 1.98. The van der Waals surface area contributed by atoms with E-state index in [1.54, 1.807) is 36.4 Å². The van der Waals surface area contributed by atoms with Crippen molar-refractivity contribution in [1.29, 1.82) is 0 Å². The molecule has 4 aromatic rings. The summed E-state index contributed by atoms with van der Waals surface area (Å²) in [7, 11) is 1.43. The number of nitrogens with one attached hydrogen (secondary N) is 1. The number of aromatic carboxylic acids is 1. The maximum absolute atomic E-state index is 14.2. The molecule has 0 saturated carbocycles. The highest BCUT2D eigenvalue weighted by Crippen LogP contribution is 2.37. The predicted molar refractivity (Wildman–Crippen MR) is 111 cm³/mol. The Morgan fingerprint density at radius 1 is 1.00 bits per heavy atom. The molecular formula is C24H18FNO5. The van der Waals surface area contributed by atoms with Crippen LogP contribution in [0.2, 0.25) is 0 Å². The highest BCUT2D eigenvalue weighted by atomic mass is 19.1. The Labute approximate surface area is 176 Å². The number of rotatable bonds is 6. The molecule has 1 aromatic heterocycles. The van der Waals surface area contributed by atoms with Crippen LogP contribution in [0, 0.1) is 5.82 Å². The first-order valence-electron chi connectivity index (χ1n) is 9.42. The third-order valence-electron chi connectivity index (χ3n) is 4.99. The molecule has 0 aliphatic heterocycles.